The van der Waals surface area contributed by atoms with E-state index in [9.17, 15) is 4.79 Å². The molecule has 1 aliphatic rings. The molecule has 1 aliphatic carbocycles. The largest absolute Gasteiger partial charge is 0.353 e. The minimum absolute atomic E-state index is 0.163. The van der Waals surface area contributed by atoms with Crippen molar-refractivity contribution in [2.45, 2.75) is 43.9 Å². The molecule has 132 valence electrons. The molecular weight excluding hydrogens is 340 g/mol. The van der Waals surface area contributed by atoms with Gasteiger partial charge in [-0.1, -0.05) is 36.4 Å². The van der Waals surface area contributed by atoms with E-state index in [0.717, 1.165) is 47.0 Å². The maximum Gasteiger partial charge on any atom is 0.353 e. The maximum atomic E-state index is 12.8. The monoisotopic (exact) mass is 362 g/mol. The van der Waals surface area contributed by atoms with Crippen LogP contribution in [0.2, 0.25) is 0 Å². The highest BCUT2D eigenvalue weighted by Crippen LogP contribution is 2.32. The summed E-state index contributed by atoms with van der Waals surface area (Å²) in [6.45, 7) is 4.18. The van der Waals surface area contributed by atoms with Crippen molar-refractivity contribution in [3.63, 3.8) is 0 Å². The number of thioether (sulfide) groups is 1. The molecule has 0 radical (unpaired) electrons. The Kier molecular flexibility index (Phi) is 4.68. The van der Waals surface area contributed by atoms with Crippen molar-refractivity contribution in [3.8, 4) is 5.69 Å². The van der Waals surface area contributed by atoms with E-state index in [1.165, 1.54) is 16.7 Å². The molecule has 1 aromatic heterocycles. The molecule has 0 saturated heterocycles. The van der Waals surface area contributed by atoms with Gasteiger partial charge in [-0.25, -0.2) is 4.79 Å². The Balaban J connectivity index is 1.73. The van der Waals surface area contributed by atoms with Crippen molar-refractivity contribution in [1.29, 1.82) is 0 Å². The Labute approximate surface area is 158 Å². The van der Waals surface area contributed by atoms with E-state index in [0.29, 0.717) is 0 Å². The summed E-state index contributed by atoms with van der Waals surface area (Å²) in [6.07, 6.45) is 3.04. The zero-order chi connectivity index (χ0) is 18.1. The van der Waals surface area contributed by atoms with Gasteiger partial charge in [-0.3, -0.25) is 4.57 Å². The maximum absolute atomic E-state index is 12.8. The van der Waals surface area contributed by atoms with Crippen molar-refractivity contribution >= 4 is 11.8 Å². The molecule has 0 saturated carbocycles. The summed E-state index contributed by atoms with van der Waals surface area (Å²) in [5.74, 6) is 0.847. The third kappa shape index (κ3) is 3.21. The second-order valence-corrected chi connectivity index (χ2v) is 7.83. The lowest BCUT2D eigenvalue weighted by Crippen LogP contribution is -2.25. The van der Waals surface area contributed by atoms with Gasteiger partial charge in [0.25, 0.3) is 0 Å². The lowest BCUT2D eigenvalue weighted by Gasteiger charge is -2.15. The van der Waals surface area contributed by atoms with Crippen molar-refractivity contribution in [2.75, 3.05) is 0 Å². The summed E-state index contributed by atoms with van der Waals surface area (Å²) in [5, 5.41) is 0.912. The Bertz CT molecular complexity index is 1020. The quantitative estimate of drug-likeness (QED) is 0.501. The first kappa shape index (κ1) is 17.1. The van der Waals surface area contributed by atoms with E-state index in [4.69, 9.17) is 0 Å². The van der Waals surface area contributed by atoms with E-state index < -0.39 is 0 Å². The molecule has 0 fully saturated rings. The molecule has 0 atom stereocenters. The predicted molar refractivity (Wildman–Crippen MR) is 107 cm³/mol. The number of benzene rings is 2. The second-order valence-electron chi connectivity index (χ2n) is 6.87. The summed E-state index contributed by atoms with van der Waals surface area (Å²) in [4.78, 5) is 17.3. The van der Waals surface area contributed by atoms with Crippen LogP contribution in [-0.2, 0) is 18.6 Å². The molecule has 3 aromatic rings. The van der Waals surface area contributed by atoms with Crippen LogP contribution >= 0.6 is 11.8 Å². The fourth-order valence-corrected chi connectivity index (χ4v) is 4.75. The molecule has 4 rings (SSSR count). The first-order valence-electron chi connectivity index (χ1n) is 9.02. The first-order chi connectivity index (χ1) is 12.6. The molecule has 0 spiro atoms. The van der Waals surface area contributed by atoms with Crippen LogP contribution in [-0.4, -0.2) is 9.55 Å². The molecule has 0 unspecified atom stereocenters. The van der Waals surface area contributed by atoms with Crippen LogP contribution in [0.4, 0.5) is 0 Å². The van der Waals surface area contributed by atoms with E-state index >= 15 is 0 Å². The van der Waals surface area contributed by atoms with Gasteiger partial charge >= 0.3 is 5.69 Å². The van der Waals surface area contributed by atoms with Gasteiger partial charge in [-0.05, 0) is 61.9 Å². The Morgan fingerprint density at radius 2 is 1.92 bits per heavy atom. The first-order valence-corrected chi connectivity index (χ1v) is 10.0. The summed E-state index contributed by atoms with van der Waals surface area (Å²) in [6, 6.07) is 16.5. The van der Waals surface area contributed by atoms with Gasteiger partial charge in [0.15, 0.2) is 0 Å². The van der Waals surface area contributed by atoms with Crippen LogP contribution in [0.3, 0.4) is 0 Å². The van der Waals surface area contributed by atoms with Crippen molar-refractivity contribution in [3.05, 3.63) is 87.0 Å². The predicted octanol–water partition coefficient (Wildman–Crippen LogP) is 4.63. The number of aryl methyl sites for hydroxylation is 2. The van der Waals surface area contributed by atoms with E-state index in [1.54, 1.807) is 11.8 Å². The molecule has 0 N–H and O–H groups in total. The SMILES string of the molecule is Cc1cccc(-n2c3c(c(SCc4ccccc4C)nc2=O)CCC3)c1. The van der Waals surface area contributed by atoms with Gasteiger partial charge in [0, 0.05) is 17.0 Å². The van der Waals surface area contributed by atoms with E-state index in [-0.39, 0.29) is 5.69 Å². The number of hydrogen-bond donors (Lipinski definition) is 0. The highest BCUT2D eigenvalue weighted by atomic mass is 32.2. The van der Waals surface area contributed by atoms with Gasteiger partial charge in [0.1, 0.15) is 5.03 Å². The van der Waals surface area contributed by atoms with Gasteiger partial charge in [-0.2, -0.15) is 4.98 Å². The fourth-order valence-electron chi connectivity index (χ4n) is 3.60. The smallest absolute Gasteiger partial charge is 0.265 e. The highest BCUT2D eigenvalue weighted by Gasteiger charge is 2.22. The van der Waals surface area contributed by atoms with Crippen LogP contribution in [0.25, 0.3) is 5.69 Å². The molecule has 2 aromatic carbocycles. The van der Waals surface area contributed by atoms with Crippen molar-refractivity contribution in [2.24, 2.45) is 0 Å². The zero-order valence-corrected chi connectivity index (χ0v) is 16.0. The standard InChI is InChI=1S/C22H22N2OS/c1-15-7-5-10-18(13-15)24-20-12-6-11-19(20)21(23-22(24)25)26-14-17-9-4-3-8-16(17)2/h3-5,7-10,13H,6,11-12,14H2,1-2H3. The van der Waals surface area contributed by atoms with Gasteiger partial charge in [0.2, 0.25) is 0 Å². The molecular formula is C22H22N2OS. The summed E-state index contributed by atoms with van der Waals surface area (Å²) in [5.41, 5.74) is 6.89. The molecule has 0 bridgehead atoms. The number of nitrogens with zero attached hydrogens (tertiary/aromatic N) is 2. The molecule has 0 amide bonds. The lowest BCUT2D eigenvalue weighted by atomic mass is 10.1. The minimum atomic E-state index is -0.163. The second kappa shape index (κ2) is 7.12. The zero-order valence-electron chi connectivity index (χ0n) is 15.2. The lowest BCUT2D eigenvalue weighted by molar-refractivity contribution is 0.802. The minimum Gasteiger partial charge on any atom is -0.265 e. The Morgan fingerprint density at radius 3 is 2.73 bits per heavy atom. The fraction of sp³-hybridized carbons (Fsp3) is 0.273. The number of aromatic nitrogens is 2. The van der Waals surface area contributed by atoms with Crippen LogP contribution < -0.4 is 5.69 Å². The van der Waals surface area contributed by atoms with Crippen LogP contribution in [0.5, 0.6) is 0 Å². The van der Waals surface area contributed by atoms with Crippen LogP contribution in [0.15, 0.2) is 58.4 Å². The normalized spacial score (nSPS) is 13.0. The molecule has 4 heteroatoms. The van der Waals surface area contributed by atoms with Crippen molar-refractivity contribution < 1.29 is 0 Å². The van der Waals surface area contributed by atoms with Crippen molar-refractivity contribution in [1.82, 2.24) is 9.55 Å². The van der Waals surface area contributed by atoms with E-state index in [1.807, 2.05) is 16.7 Å². The summed E-state index contributed by atoms with van der Waals surface area (Å²) < 4.78 is 1.81. The van der Waals surface area contributed by atoms with Gasteiger partial charge in [-0.15, -0.1) is 11.8 Å². The Hall–Kier alpha value is -2.33. The third-order valence-electron chi connectivity index (χ3n) is 4.99. The number of hydrogen-bond acceptors (Lipinski definition) is 3. The average molecular weight is 362 g/mol. The molecule has 0 aliphatic heterocycles. The van der Waals surface area contributed by atoms with Gasteiger partial charge in [0.05, 0.1) is 5.69 Å². The molecule has 3 nitrogen and oxygen atoms in total. The molecule has 26 heavy (non-hydrogen) atoms. The van der Waals surface area contributed by atoms with E-state index in [2.05, 4.69) is 55.2 Å². The molecule has 1 heterocycles. The average Bonchev–Trinajstić information content (AvgIpc) is 3.10. The summed E-state index contributed by atoms with van der Waals surface area (Å²) in [7, 11) is 0. The van der Waals surface area contributed by atoms with Gasteiger partial charge < -0.3 is 0 Å². The number of rotatable bonds is 4. The summed E-state index contributed by atoms with van der Waals surface area (Å²) >= 11 is 1.69. The Morgan fingerprint density at radius 1 is 1.08 bits per heavy atom. The van der Waals surface area contributed by atoms with Crippen LogP contribution in [0, 0.1) is 13.8 Å². The number of fused-ring (bicyclic) bond motifs is 1. The highest BCUT2D eigenvalue weighted by molar-refractivity contribution is 7.98. The third-order valence-corrected chi connectivity index (χ3v) is 6.06. The van der Waals surface area contributed by atoms with Crippen LogP contribution in [0.1, 0.15) is 34.4 Å². The topological polar surface area (TPSA) is 34.9 Å².